The Balaban J connectivity index is 1.29. The maximum atomic E-state index is 10.5. The standard InChI is InChI=1S/C44H25N5/c1-46-36-22-21-28(48-39-17-7-5-15-32(39)34-24-33-29-12-2-6-16-37(29)47-38(33)25-43(34)48)23-35(36)44-27(26-45)11-10-20-42(44)49-40-18-8-3-13-30(40)31-14-4-9-19-41(31)49/h2-25,47H. The van der Waals surface area contributed by atoms with Gasteiger partial charge in [-0.1, -0.05) is 84.9 Å². The third-order valence-corrected chi connectivity index (χ3v) is 9.91. The Labute approximate surface area is 280 Å². The van der Waals surface area contributed by atoms with E-state index in [0.29, 0.717) is 11.3 Å². The maximum absolute atomic E-state index is 10.5. The fourth-order valence-electron chi connectivity index (χ4n) is 7.84. The largest absolute Gasteiger partial charge is 0.354 e. The number of rotatable bonds is 3. The summed E-state index contributed by atoms with van der Waals surface area (Å²) in [4.78, 5) is 7.62. The summed E-state index contributed by atoms with van der Waals surface area (Å²) in [7, 11) is 0. The number of nitrogens with one attached hydrogen (secondary N) is 1. The second-order valence-electron chi connectivity index (χ2n) is 12.4. The molecule has 5 nitrogen and oxygen atoms in total. The van der Waals surface area contributed by atoms with Crippen LogP contribution in [-0.2, 0) is 0 Å². The van der Waals surface area contributed by atoms with Crippen LogP contribution in [0.25, 0.3) is 92.8 Å². The van der Waals surface area contributed by atoms with Crippen molar-refractivity contribution in [3.63, 3.8) is 0 Å². The first kappa shape index (κ1) is 27.1. The molecule has 49 heavy (non-hydrogen) atoms. The van der Waals surface area contributed by atoms with Crippen molar-refractivity contribution < 1.29 is 0 Å². The third-order valence-electron chi connectivity index (χ3n) is 9.91. The maximum Gasteiger partial charge on any atom is 0.195 e. The van der Waals surface area contributed by atoms with Gasteiger partial charge >= 0.3 is 0 Å². The van der Waals surface area contributed by atoms with Crippen LogP contribution in [0.3, 0.4) is 0 Å². The predicted octanol–water partition coefficient (Wildman–Crippen LogP) is 11.6. The van der Waals surface area contributed by atoms with Crippen LogP contribution in [0.2, 0.25) is 0 Å². The molecule has 0 spiro atoms. The SMILES string of the molecule is [C-]#[N+]c1ccc(-n2c3ccccc3c3cc4c(cc32)[nH]c2ccccc24)cc1-c1c(C#N)cccc1-n1c2ccccc2c2ccccc21. The number of benzene rings is 7. The van der Waals surface area contributed by atoms with Crippen molar-refractivity contribution in [2.24, 2.45) is 0 Å². The lowest BCUT2D eigenvalue weighted by Crippen LogP contribution is -2.01. The van der Waals surface area contributed by atoms with Crippen molar-refractivity contribution in [3.8, 4) is 28.6 Å². The lowest BCUT2D eigenvalue weighted by molar-refractivity contribution is 1.17. The number of H-pyrrole nitrogens is 1. The van der Waals surface area contributed by atoms with Crippen LogP contribution in [0.1, 0.15) is 5.56 Å². The molecule has 1 N–H and O–H groups in total. The van der Waals surface area contributed by atoms with Crippen LogP contribution in [-0.4, -0.2) is 14.1 Å². The van der Waals surface area contributed by atoms with Gasteiger partial charge < -0.3 is 14.1 Å². The molecule has 0 atom stereocenters. The van der Waals surface area contributed by atoms with E-state index in [9.17, 15) is 5.26 Å². The quantitative estimate of drug-likeness (QED) is 0.196. The molecule has 7 aromatic carbocycles. The van der Waals surface area contributed by atoms with Gasteiger partial charge in [0.05, 0.1) is 46.0 Å². The molecule has 0 unspecified atom stereocenters. The van der Waals surface area contributed by atoms with Crippen LogP contribution in [0, 0.1) is 17.9 Å². The minimum Gasteiger partial charge on any atom is -0.354 e. The predicted molar refractivity (Wildman–Crippen MR) is 201 cm³/mol. The second kappa shape index (κ2) is 10.2. The van der Waals surface area contributed by atoms with Crippen molar-refractivity contribution in [3.05, 3.63) is 163 Å². The van der Waals surface area contributed by atoms with Crippen LogP contribution < -0.4 is 0 Å². The summed E-state index contributed by atoms with van der Waals surface area (Å²) in [6.07, 6.45) is 0. The molecule has 226 valence electrons. The van der Waals surface area contributed by atoms with E-state index < -0.39 is 0 Å². The zero-order valence-corrected chi connectivity index (χ0v) is 26.1. The number of fused-ring (bicyclic) bond motifs is 9. The highest BCUT2D eigenvalue weighted by atomic mass is 15.0. The molecule has 0 saturated carbocycles. The van der Waals surface area contributed by atoms with E-state index in [2.05, 4.69) is 134 Å². The summed E-state index contributed by atoms with van der Waals surface area (Å²) in [6.45, 7) is 8.24. The fourth-order valence-corrected chi connectivity index (χ4v) is 7.84. The number of aromatic amines is 1. The first-order valence-electron chi connectivity index (χ1n) is 16.2. The Hall–Kier alpha value is -7.08. The monoisotopic (exact) mass is 623 g/mol. The van der Waals surface area contributed by atoms with Crippen LogP contribution in [0.4, 0.5) is 5.69 Å². The van der Waals surface area contributed by atoms with Crippen molar-refractivity contribution in [1.29, 1.82) is 5.26 Å². The molecule has 0 bridgehead atoms. The number of para-hydroxylation sites is 4. The summed E-state index contributed by atoms with van der Waals surface area (Å²) in [6, 6.07) is 52.4. The molecule has 10 rings (SSSR count). The molecule has 3 heterocycles. The molecule has 5 heteroatoms. The topological polar surface area (TPSA) is 53.8 Å². The number of aromatic nitrogens is 3. The second-order valence-corrected chi connectivity index (χ2v) is 12.4. The Morgan fingerprint density at radius 1 is 0.531 bits per heavy atom. The van der Waals surface area contributed by atoms with Crippen LogP contribution in [0.5, 0.6) is 0 Å². The normalized spacial score (nSPS) is 11.6. The molecule has 0 aliphatic carbocycles. The van der Waals surface area contributed by atoms with Gasteiger partial charge in [0.15, 0.2) is 5.69 Å². The van der Waals surface area contributed by atoms with Gasteiger partial charge in [-0.25, -0.2) is 4.85 Å². The van der Waals surface area contributed by atoms with Gasteiger partial charge in [0, 0.05) is 54.6 Å². The van der Waals surface area contributed by atoms with Gasteiger partial charge in [0.1, 0.15) is 0 Å². The summed E-state index contributed by atoms with van der Waals surface area (Å²) < 4.78 is 4.51. The molecular weight excluding hydrogens is 599 g/mol. The molecule has 10 aromatic rings. The first-order chi connectivity index (χ1) is 24.2. The molecule has 3 aromatic heterocycles. The third kappa shape index (κ3) is 3.79. The van der Waals surface area contributed by atoms with E-state index in [1.165, 1.54) is 10.8 Å². The molecule has 0 radical (unpaired) electrons. The molecule has 0 aliphatic heterocycles. The summed E-state index contributed by atoms with van der Waals surface area (Å²) >= 11 is 0. The zero-order chi connectivity index (χ0) is 32.6. The van der Waals surface area contributed by atoms with E-state index in [1.807, 2.05) is 36.4 Å². The minimum absolute atomic E-state index is 0.493. The van der Waals surface area contributed by atoms with E-state index >= 15 is 0 Å². The number of hydrogen-bond acceptors (Lipinski definition) is 1. The average molecular weight is 624 g/mol. The molecule has 0 saturated heterocycles. The van der Waals surface area contributed by atoms with E-state index in [-0.39, 0.29) is 0 Å². The van der Waals surface area contributed by atoms with E-state index in [0.717, 1.165) is 77.1 Å². The Morgan fingerprint density at radius 3 is 1.86 bits per heavy atom. The highest BCUT2D eigenvalue weighted by Gasteiger charge is 2.22. The van der Waals surface area contributed by atoms with Gasteiger partial charge in [-0.2, -0.15) is 5.26 Å². The van der Waals surface area contributed by atoms with Crippen molar-refractivity contribution in [1.82, 2.24) is 14.1 Å². The number of nitrogens with zero attached hydrogens (tertiary/aromatic N) is 4. The average Bonchev–Trinajstić information content (AvgIpc) is 3.80. The minimum atomic E-state index is 0.493. The Morgan fingerprint density at radius 2 is 1.16 bits per heavy atom. The summed E-state index contributed by atoms with van der Waals surface area (Å²) in [5.74, 6) is 0. The summed E-state index contributed by atoms with van der Waals surface area (Å²) in [5.41, 5.74) is 10.7. The Kier molecular flexibility index (Phi) is 5.64. The highest BCUT2D eigenvalue weighted by Crippen LogP contribution is 2.43. The summed E-state index contributed by atoms with van der Waals surface area (Å²) in [5, 5.41) is 17.5. The van der Waals surface area contributed by atoms with E-state index in [4.69, 9.17) is 6.57 Å². The zero-order valence-electron chi connectivity index (χ0n) is 26.1. The van der Waals surface area contributed by atoms with Gasteiger partial charge in [-0.05, 0) is 66.2 Å². The van der Waals surface area contributed by atoms with Gasteiger partial charge in [0.25, 0.3) is 0 Å². The molecule has 0 amide bonds. The van der Waals surface area contributed by atoms with Crippen molar-refractivity contribution in [2.45, 2.75) is 0 Å². The van der Waals surface area contributed by atoms with E-state index in [1.54, 1.807) is 0 Å². The van der Waals surface area contributed by atoms with Crippen LogP contribution in [0.15, 0.2) is 146 Å². The van der Waals surface area contributed by atoms with Gasteiger partial charge in [0.2, 0.25) is 0 Å². The number of nitriles is 1. The lowest BCUT2D eigenvalue weighted by Gasteiger charge is -2.18. The molecular formula is C44H25N5. The van der Waals surface area contributed by atoms with Crippen molar-refractivity contribution in [2.75, 3.05) is 0 Å². The van der Waals surface area contributed by atoms with Gasteiger partial charge in [-0.3, -0.25) is 0 Å². The number of hydrogen-bond donors (Lipinski definition) is 1. The smallest absolute Gasteiger partial charge is 0.195 e. The first-order valence-corrected chi connectivity index (χ1v) is 16.2. The Bertz CT molecular complexity index is 3030. The molecule has 0 aliphatic rings. The fraction of sp³-hybridized carbons (Fsp3) is 0. The lowest BCUT2D eigenvalue weighted by atomic mass is 9.95. The van der Waals surface area contributed by atoms with Crippen LogP contribution >= 0.6 is 0 Å². The highest BCUT2D eigenvalue weighted by molar-refractivity contribution is 6.18. The van der Waals surface area contributed by atoms with Crippen molar-refractivity contribution >= 4 is 71.1 Å². The molecule has 0 fully saturated rings. The van der Waals surface area contributed by atoms with Gasteiger partial charge in [-0.15, -0.1) is 0 Å².